The summed E-state index contributed by atoms with van der Waals surface area (Å²) in [6.07, 6.45) is 7.30. The van der Waals surface area contributed by atoms with Gasteiger partial charge in [0.05, 0.1) is 5.69 Å². The Kier molecular flexibility index (Phi) is 3.95. The van der Waals surface area contributed by atoms with Gasteiger partial charge in [-0.05, 0) is 49.3 Å². The summed E-state index contributed by atoms with van der Waals surface area (Å²) in [5, 5.41) is 7.20. The third-order valence-corrected chi connectivity index (χ3v) is 6.25. The summed E-state index contributed by atoms with van der Waals surface area (Å²) >= 11 is 0. The van der Waals surface area contributed by atoms with Gasteiger partial charge in [0, 0.05) is 50.1 Å². The van der Waals surface area contributed by atoms with Gasteiger partial charge in [-0.2, -0.15) is 5.10 Å². The van der Waals surface area contributed by atoms with E-state index in [-0.39, 0.29) is 5.91 Å². The number of aromatic nitrogens is 3. The Labute approximate surface area is 157 Å². The van der Waals surface area contributed by atoms with Crippen molar-refractivity contribution in [1.82, 2.24) is 25.0 Å². The van der Waals surface area contributed by atoms with Gasteiger partial charge < -0.3 is 9.80 Å². The Morgan fingerprint density at radius 2 is 2.04 bits per heavy atom. The number of amides is 2. The fourth-order valence-electron chi connectivity index (χ4n) is 5.05. The monoisotopic (exact) mass is 365 g/mol. The number of likely N-dealkylation sites (tertiary alicyclic amines) is 1. The number of nitrogens with zero attached hydrogens (tertiary/aromatic N) is 4. The van der Waals surface area contributed by atoms with E-state index in [0.717, 1.165) is 50.2 Å². The van der Waals surface area contributed by atoms with E-state index in [2.05, 4.69) is 20.1 Å². The van der Waals surface area contributed by atoms with Crippen LogP contribution in [0.25, 0.3) is 11.3 Å². The van der Waals surface area contributed by atoms with Crippen LogP contribution < -0.4 is 0 Å². The molecule has 7 nitrogen and oxygen atoms in total. The van der Waals surface area contributed by atoms with Crippen LogP contribution in [0.3, 0.4) is 0 Å². The highest BCUT2D eigenvalue weighted by Gasteiger charge is 2.45. The number of piperidine rings is 3. The van der Waals surface area contributed by atoms with Gasteiger partial charge in [-0.1, -0.05) is 0 Å². The van der Waals surface area contributed by atoms with Crippen molar-refractivity contribution in [3.8, 4) is 11.3 Å². The van der Waals surface area contributed by atoms with E-state index in [1.807, 2.05) is 23.1 Å². The molecule has 3 saturated heterocycles. The minimum atomic E-state index is 0.00749. The van der Waals surface area contributed by atoms with E-state index in [1.165, 1.54) is 0 Å². The molecule has 0 spiro atoms. The molecule has 0 saturated carbocycles. The van der Waals surface area contributed by atoms with Crippen molar-refractivity contribution in [2.45, 2.75) is 31.7 Å². The smallest absolute Gasteiger partial charge is 0.271 e. The summed E-state index contributed by atoms with van der Waals surface area (Å²) in [5.74, 6) is 1.09. The molecular weight excluding hydrogens is 342 g/mol. The van der Waals surface area contributed by atoms with Crippen LogP contribution in [0, 0.1) is 11.8 Å². The SMILES string of the molecule is O=C(c1cc(-c2ccncc2)n[nH]1)N1C[C@H]2C[C@@H](C1)C1CCCC(=O)N1C2. The van der Waals surface area contributed by atoms with Crippen molar-refractivity contribution >= 4 is 11.8 Å². The molecule has 2 aromatic heterocycles. The predicted octanol–water partition coefficient (Wildman–Crippen LogP) is 1.94. The summed E-state index contributed by atoms with van der Waals surface area (Å²) in [5.41, 5.74) is 2.22. The topological polar surface area (TPSA) is 82.2 Å². The molecule has 0 radical (unpaired) electrons. The maximum atomic E-state index is 13.1. The zero-order chi connectivity index (χ0) is 18.4. The molecule has 5 heterocycles. The normalized spacial score (nSPS) is 27.4. The van der Waals surface area contributed by atoms with Gasteiger partial charge in [0.1, 0.15) is 5.69 Å². The van der Waals surface area contributed by atoms with Crippen molar-refractivity contribution in [3.05, 3.63) is 36.3 Å². The molecule has 2 amide bonds. The lowest BCUT2D eigenvalue weighted by atomic mass is 9.76. The summed E-state index contributed by atoms with van der Waals surface area (Å²) in [7, 11) is 0. The summed E-state index contributed by atoms with van der Waals surface area (Å²) in [4.78, 5) is 33.4. The van der Waals surface area contributed by atoms with E-state index in [4.69, 9.17) is 0 Å². The maximum absolute atomic E-state index is 13.1. The van der Waals surface area contributed by atoms with Crippen LogP contribution in [0.5, 0.6) is 0 Å². The molecule has 3 aliphatic rings. The lowest BCUT2D eigenvalue weighted by Gasteiger charge is -2.52. The second-order valence-electron chi connectivity index (χ2n) is 7.98. The van der Waals surface area contributed by atoms with Gasteiger partial charge in [0.25, 0.3) is 5.91 Å². The summed E-state index contributed by atoms with van der Waals surface area (Å²) in [6, 6.07) is 5.89. The molecule has 3 atom stereocenters. The molecule has 1 N–H and O–H groups in total. The van der Waals surface area contributed by atoms with E-state index < -0.39 is 0 Å². The van der Waals surface area contributed by atoms with E-state index in [1.54, 1.807) is 12.4 Å². The number of carbonyl (C=O) groups is 2. The molecular formula is C20H23N5O2. The van der Waals surface area contributed by atoms with Crippen LogP contribution in [0.15, 0.2) is 30.6 Å². The third kappa shape index (κ3) is 2.91. The molecule has 0 aromatic carbocycles. The number of rotatable bonds is 2. The number of pyridine rings is 1. The standard InChI is InChI=1S/C20H23N5O2/c26-19-3-1-2-18-15-8-13(11-25(18)19)10-24(12-15)20(27)17-9-16(22-23-17)14-4-6-21-7-5-14/h4-7,9,13,15,18H,1-3,8,10-12H2,(H,22,23)/t13-,15+,18?/m1/s1. The van der Waals surface area contributed by atoms with Crippen LogP contribution in [-0.4, -0.2) is 62.5 Å². The molecule has 1 unspecified atom stereocenters. The number of fused-ring (bicyclic) bond motifs is 4. The number of hydrogen-bond acceptors (Lipinski definition) is 4. The van der Waals surface area contributed by atoms with E-state index >= 15 is 0 Å². The Balaban J connectivity index is 1.33. The number of aromatic amines is 1. The highest BCUT2D eigenvalue weighted by molar-refractivity contribution is 5.93. The number of hydrogen-bond donors (Lipinski definition) is 1. The average molecular weight is 365 g/mol. The minimum Gasteiger partial charge on any atom is -0.339 e. The Morgan fingerprint density at radius 3 is 2.89 bits per heavy atom. The number of nitrogens with one attached hydrogen (secondary N) is 1. The second kappa shape index (κ2) is 6.48. The lowest BCUT2D eigenvalue weighted by Crippen LogP contribution is -2.61. The highest BCUT2D eigenvalue weighted by atomic mass is 16.2. The van der Waals surface area contributed by atoms with Gasteiger partial charge in [-0.15, -0.1) is 0 Å². The van der Waals surface area contributed by atoms with Gasteiger partial charge in [0.15, 0.2) is 0 Å². The van der Waals surface area contributed by atoms with Crippen molar-refractivity contribution in [2.24, 2.45) is 11.8 Å². The molecule has 140 valence electrons. The van der Waals surface area contributed by atoms with Crippen LogP contribution >= 0.6 is 0 Å². The fourth-order valence-corrected chi connectivity index (χ4v) is 5.05. The van der Waals surface area contributed by atoms with E-state index in [9.17, 15) is 9.59 Å². The van der Waals surface area contributed by atoms with Crippen molar-refractivity contribution in [2.75, 3.05) is 19.6 Å². The average Bonchev–Trinajstić information content (AvgIpc) is 3.19. The second-order valence-corrected chi connectivity index (χ2v) is 7.98. The number of carbonyl (C=O) groups excluding carboxylic acids is 2. The van der Waals surface area contributed by atoms with Gasteiger partial charge in [-0.25, -0.2) is 0 Å². The van der Waals surface area contributed by atoms with Gasteiger partial charge >= 0.3 is 0 Å². The highest BCUT2D eigenvalue weighted by Crippen LogP contribution is 2.38. The van der Waals surface area contributed by atoms with Gasteiger partial charge in [0.2, 0.25) is 5.91 Å². The largest absolute Gasteiger partial charge is 0.339 e. The third-order valence-electron chi connectivity index (χ3n) is 6.25. The molecule has 3 aliphatic heterocycles. The van der Waals surface area contributed by atoms with Crippen LogP contribution in [-0.2, 0) is 4.79 Å². The number of H-pyrrole nitrogens is 1. The molecule has 2 aromatic rings. The van der Waals surface area contributed by atoms with Crippen LogP contribution in [0.4, 0.5) is 0 Å². The Morgan fingerprint density at radius 1 is 1.19 bits per heavy atom. The summed E-state index contributed by atoms with van der Waals surface area (Å²) < 4.78 is 0. The fraction of sp³-hybridized carbons (Fsp3) is 0.500. The molecule has 0 aliphatic carbocycles. The first-order valence-electron chi connectivity index (χ1n) is 9.73. The molecule has 3 fully saturated rings. The van der Waals surface area contributed by atoms with E-state index in [0.29, 0.717) is 35.9 Å². The first-order valence-corrected chi connectivity index (χ1v) is 9.73. The van der Waals surface area contributed by atoms with Gasteiger partial charge in [-0.3, -0.25) is 19.7 Å². The molecule has 2 bridgehead atoms. The molecule has 27 heavy (non-hydrogen) atoms. The first-order chi connectivity index (χ1) is 13.2. The van der Waals surface area contributed by atoms with Crippen LogP contribution in [0.2, 0.25) is 0 Å². The Bertz CT molecular complexity index is 864. The maximum Gasteiger partial charge on any atom is 0.271 e. The lowest BCUT2D eigenvalue weighted by molar-refractivity contribution is -0.144. The van der Waals surface area contributed by atoms with Crippen molar-refractivity contribution in [1.29, 1.82) is 0 Å². The summed E-state index contributed by atoms with van der Waals surface area (Å²) in [6.45, 7) is 2.25. The molecule has 7 heteroatoms. The first kappa shape index (κ1) is 16.5. The zero-order valence-corrected chi connectivity index (χ0v) is 15.2. The predicted molar refractivity (Wildman–Crippen MR) is 98.7 cm³/mol. The van der Waals surface area contributed by atoms with Crippen LogP contribution in [0.1, 0.15) is 36.2 Å². The van der Waals surface area contributed by atoms with Crippen molar-refractivity contribution < 1.29 is 9.59 Å². The molecule has 5 rings (SSSR count). The zero-order valence-electron chi connectivity index (χ0n) is 15.2. The minimum absolute atomic E-state index is 0.00749. The van der Waals surface area contributed by atoms with Crippen molar-refractivity contribution in [3.63, 3.8) is 0 Å². The quantitative estimate of drug-likeness (QED) is 0.882. The Hall–Kier alpha value is -2.70.